The van der Waals surface area contributed by atoms with Crippen LogP contribution in [-0.4, -0.2) is 22.3 Å². The van der Waals surface area contributed by atoms with Crippen molar-refractivity contribution >= 4 is 21.9 Å². The first-order valence-corrected chi connectivity index (χ1v) is 4.96. The van der Waals surface area contributed by atoms with Crippen molar-refractivity contribution < 1.29 is 15.0 Å². The molecule has 0 aliphatic heterocycles. The fourth-order valence-corrected chi connectivity index (χ4v) is 1.59. The number of benzene rings is 1. The lowest BCUT2D eigenvalue weighted by molar-refractivity contribution is -0.146. The predicted octanol–water partition coefficient (Wildman–Crippen LogP) is 1.75. The second-order valence-corrected chi connectivity index (χ2v) is 3.90. The maximum Gasteiger partial charge on any atom is 0.332 e. The minimum atomic E-state index is -1.34. The summed E-state index contributed by atoms with van der Waals surface area (Å²) >= 11 is 3.35. The Morgan fingerprint density at radius 3 is 2.79 bits per heavy atom. The summed E-state index contributed by atoms with van der Waals surface area (Å²) in [5.74, 6) is -1.20. The zero-order valence-electron chi connectivity index (χ0n) is 7.70. The molecule has 0 saturated heterocycles. The summed E-state index contributed by atoms with van der Waals surface area (Å²) in [5.41, 5.74) is 1.83. The SMILES string of the molecule is Cc1cccc(CC(O)C(=O)O)c1Br. The molecular formula is C10H11BrO3. The molecule has 76 valence electrons. The van der Waals surface area contributed by atoms with Gasteiger partial charge < -0.3 is 10.2 Å². The number of carboxylic acids is 1. The Labute approximate surface area is 90.5 Å². The molecule has 0 radical (unpaired) electrons. The molecule has 14 heavy (non-hydrogen) atoms. The van der Waals surface area contributed by atoms with Crippen LogP contribution >= 0.6 is 15.9 Å². The van der Waals surface area contributed by atoms with Crippen molar-refractivity contribution in [1.29, 1.82) is 0 Å². The maximum atomic E-state index is 10.4. The van der Waals surface area contributed by atoms with Crippen molar-refractivity contribution in [2.45, 2.75) is 19.4 Å². The highest BCUT2D eigenvalue weighted by Crippen LogP contribution is 2.22. The van der Waals surface area contributed by atoms with Gasteiger partial charge in [-0.1, -0.05) is 34.1 Å². The first kappa shape index (κ1) is 11.2. The Balaban J connectivity index is 2.87. The second-order valence-electron chi connectivity index (χ2n) is 3.11. The minimum absolute atomic E-state index is 0.123. The maximum absolute atomic E-state index is 10.4. The minimum Gasteiger partial charge on any atom is -0.479 e. The van der Waals surface area contributed by atoms with E-state index in [0.29, 0.717) is 0 Å². The van der Waals surface area contributed by atoms with Crippen LogP contribution in [0.5, 0.6) is 0 Å². The molecule has 0 aliphatic rings. The summed E-state index contributed by atoms with van der Waals surface area (Å²) in [7, 11) is 0. The number of carboxylic acid groups (broad SMARTS) is 1. The molecule has 4 heteroatoms. The normalized spacial score (nSPS) is 12.5. The highest BCUT2D eigenvalue weighted by atomic mass is 79.9. The Bertz CT molecular complexity index is 349. The van der Waals surface area contributed by atoms with Gasteiger partial charge in [-0.25, -0.2) is 4.79 Å². The molecule has 0 amide bonds. The number of rotatable bonds is 3. The lowest BCUT2D eigenvalue weighted by Gasteiger charge is -2.09. The van der Waals surface area contributed by atoms with Crippen molar-refractivity contribution in [3.63, 3.8) is 0 Å². The van der Waals surface area contributed by atoms with E-state index in [2.05, 4.69) is 15.9 Å². The van der Waals surface area contributed by atoms with E-state index in [1.807, 2.05) is 19.1 Å². The molecular weight excluding hydrogens is 248 g/mol. The van der Waals surface area contributed by atoms with Crippen molar-refractivity contribution in [2.75, 3.05) is 0 Å². The zero-order chi connectivity index (χ0) is 10.7. The number of aliphatic hydroxyl groups excluding tert-OH is 1. The van der Waals surface area contributed by atoms with Crippen LogP contribution < -0.4 is 0 Å². The molecule has 0 saturated carbocycles. The van der Waals surface area contributed by atoms with E-state index in [1.54, 1.807) is 6.07 Å². The lowest BCUT2D eigenvalue weighted by Crippen LogP contribution is -2.22. The van der Waals surface area contributed by atoms with E-state index in [4.69, 9.17) is 5.11 Å². The molecule has 0 bridgehead atoms. The van der Waals surface area contributed by atoms with E-state index in [-0.39, 0.29) is 6.42 Å². The smallest absolute Gasteiger partial charge is 0.332 e. The van der Waals surface area contributed by atoms with Gasteiger partial charge in [0.25, 0.3) is 0 Å². The van der Waals surface area contributed by atoms with Crippen molar-refractivity contribution in [1.82, 2.24) is 0 Å². The van der Waals surface area contributed by atoms with E-state index >= 15 is 0 Å². The number of carbonyl (C=O) groups is 1. The van der Waals surface area contributed by atoms with E-state index in [9.17, 15) is 9.90 Å². The molecule has 1 aromatic rings. The van der Waals surface area contributed by atoms with Crippen LogP contribution in [0.3, 0.4) is 0 Å². The average molecular weight is 259 g/mol. The first-order chi connectivity index (χ1) is 6.52. The zero-order valence-corrected chi connectivity index (χ0v) is 9.28. The molecule has 1 rings (SSSR count). The summed E-state index contributed by atoms with van der Waals surface area (Å²) in [6, 6.07) is 5.55. The van der Waals surface area contributed by atoms with Gasteiger partial charge in [0, 0.05) is 10.9 Å². The number of hydrogen-bond acceptors (Lipinski definition) is 2. The summed E-state index contributed by atoms with van der Waals surface area (Å²) in [5, 5.41) is 17.7. The van der Waals surface area contributed by atoms with Crippen LogP contribution in [0, 0.1) is 6.92 Å². The number of hydrogen-bond donors (Lipinski definition) is 2. The molecule has 1 atom stereocenters. The van der Waals surface area contributed by atoms with E-state index < -0.39 is 12.1 Å². The van der Waals surface area contributed by atoms with E-state index in [0.717, 1.165) is 15.6 Å². The molecule has 2 N–H and O–H groups in total. The van der Waals surface area contributed by atoms with Crippen LogP contribution in [0.25, 0.3) is 0 Å². The second kappa shape index (κ2) is 4.57. The summed E-state index contributed by atoms with van der Waals surface area (Å²) < 4.78 is 0.861. The number of aliphatic hydroxyl groups is 1. The van der Waals surface area contributed by atoms with Gasteiger partial charge in [-0.15, -0.1) is 0 Å². The molecule has 3 nitrogen and oxygen atoms in total. The van der Waals surface area contributed by atoms with Crippen LogP contribution in [0.4, 0.5) is 0 Å². The molecule has 0 heterocycles. The van der Waals surface area contributed by atoms with Gasteiger partial charge in [0.2, 0.25) is 0 Å². The van der Waals surface area contributed by atoms with Gasteiger partial charge in [-0.2, -0.15) is 0 Å². The van der Waals surface area contributed by atoms with Crippen molar-refractivity contribution in [3.05, 3.63) is 33.8 Å². The third-order valence-electron chi connectivity index (χ3n) is 1.97. The highest BCUT2D eigenvalue weighted by Gasteiger charge is 2.15. The highest BCUT2D eigenvalue weighted by molar-refractivity contribution is 9.10. The number of aryl methyl sites for hydroxylation is 1. The largest absolute Gasteiger partial charge is 0.479 e. The molecule has 0 aromatic heterocycles. The van der Waals surface area contributed by atoms with Crippen LogP contribution in [-0.2, 0) is 11.2 Å². The Hall–Kier alpha value is -0.870. The topological polar surface area (TPSA) is 57.5 Å². The molecule has 0 fully saturated rings. The first-order valence-electron chi connectivity index (χ1n) is 4.17. The molecule has 1 aromatic carbocycles. The van der Waals surface area contributed by atoms with Crippen LogP contribution in [0.1, 0.15) is 11.1 Å². The summed E-state index contributed by atoms with van der Waals surface area (Å²) in [6.45, 7) is 1.92. The Kier molecular flexibility index (Phi) is 3.66. The number of halogens is 1. The third-order valence-corrected chi connectivity index (χ3v) is 3.10. The fourth-order valence-electron chi connectivity index (χ4n) is 1.16. The quantitative estimate of drug-likeness (QED) is 0.869. The van der Waals surface area contributed by atoms with E-state index in [1.165, 1.54) is 0 Å². The monoisotopic (exact) mass is 258 g/mol. The van der Waals surface area contributed by atoms with Gasteiger partial charge in [-0.05, 0) is 18.1 Å². The Morgan fingerprint density at radius 1 is 1.57 bits per heavy atom. The average Bonchev–Trinajstić information content (AvgIpc) is 2.12. The van der Waals surface area contributed by atoms with Gasteiger partial charge in [0.15, 0.2) is 6.10 Å². The van der Waals surface area contributed by atoms with Gasteiger partial charge in [-0.3, -0.25) is 0 Å². The third kappa shape index (κ3) is 2.56. The number of aliphatic carboxylic acids is 1. The van der Waals surface area contributed by atoms with Gasteiger partial charge in [0.05, 0.1) is 0 Å². The van der Waals surface area contributed by atoms with Crippen LogP contribution in [0.15, 0.2) is 22.7 Å². The lowest BCUT2D eigenvalue weighted by atomic mass is 10.1. The fraction of sp³-hybridized carbons (Fsp3) is 0.300. The van der Waals surface area contributed by atoms with Crippen molar-refractivity contribution in [3.8, 4) is 0 Å². The van der Waals surface area contributed by atoms with Gasteiger partial charge >= 0.3 is 5.97 Å². The molecule has 0 spiro atoms. The van der Waals surface area contributed by atoms with Gasteiger partial charge in [0.1, 0.15) is 0 Å². The molecule has 0 aliphatic carbocycles. The predicted molar refractivity (Wildman–Crippen MR) is 56.2 cm³/mol. The van der Waals surface area contributed by atoms with Crippen LogP contribution in [0.2, 0.25) is 0 Å². The summed E-state index contributed by atoms with van der Waals surface area (Å²) in [6.07, 6.45) is -1.22. The standard InChI is InChI=1S/C10H11BrO3/c1-6-3-2-4-7(9(6)11)5-8(12)10(13)14/h2-4,8,12H,5H2,1H3,(H,13,14). The van der Waals surface area contributed by atoms with Crippen molar-refractivity contribution in [2.24, 2.45) is 0 Å². The molecule has 1 unspecified atom stereocenters. The Morgan fingerprint density at radius 2 is 2.21 bits per heavy atom. The summed E-state index contributed by atoms with van der Waals surface area (Å²) in [4.78, 5) is 10.4.